The first-order valence-corrected chi connectivity index (χ1v) is 4.67. The molecule has 0 radical (unpaired) electrons. The van der Waals surface area contributed by atoms with Gasteiger partial charge in [0, 0.05) is 4.91 Å². The number of nitrogens with zero attached hydrogens (tertiary/aromatic N) is 3. The SMILES string of the molecule is [N-]=[N+]=NCC(=O)OCCOc1ccccc1. The van der Waals surface area contributed by atoms with Crippen molar-refractivity contribution in [3.8, 4) is 5.75 Å². The molecular weight excluding hydrogens is 210 g/mol. The number of azide groups is 1. The molecule has 6 heteroatoms. The van der Waals surface area contributed by atoms with Crippen molar-refractivity contribution in [1.29, 1.82) is 0 Å². The zero-order valence-electron chi connectivity index (χ0n) is 8.57. The lowest BCUT2D eigenvalue weighted by Gasteiger charge is -2.05. The number of carbonyl (C=O) groups excluding carboxylic acids is 1. The second kappa shape index (κ2) is 7.14. The number of carbonyl (C=O) groups is 1. The summed E-state index contributed by atoms with van der Waals surface area (Å²) in [4.78, 5) is 13.3. The maximum absolute atomic E-state index is 10.9. The summed E-state index contributed by atoms with van der Waals surface area (Å²) < 4.78 is 10.0. The molecule has 0 saturated carbocycles. The number of para-hydroxylation sites is 1. The topological polar surface area (TPSA) is 84.3 Å². The third kappa shape index (κ3) is 4.88. The van der Waals surface area contributed by atoms with Crippen LogP contribution in [-0.2, 0) is 9.53 Å². The molecule has 0 aliphatic heterocycles. The Labute approximate surface area is 92.4 Å². The predicted molar refractivity (Wildman–Crippen MR) is 56.9 cm³/mol. The van der Waals surface area contributed by atoms with Crippen LogP contribution in [0.2, 0.25) is 0 Å². The highest BCUT2D eigenvalue weighted by Crippen LogP contribution is 2.07. The van der Waals surface area contributed by atoms with E-state index in [1.807, 2.05) is 30.3 Å². The molecule has 0 N–H and O–H groups in total. The van der Waals surface area contributed by atoms with E-state index in [0.29, 0.717) is 5.75 Å². The molecule has 0 heterocycles. The third-order valence-corrected chi connectivity index (χ3v) is 1.62. The predicted octanol–water partition coefficient (Wildman–Crippen LogP) is 1.92. The van der Waals surface area contributed by atoms with Gasteiger partial charge in [0.25, 0.3) is 0 Å². The summed E-state index contributed by atoms with van der Waals surface area (Å²) in [6.07, 6.45) is 0. The van der Waals surface area contributed by atoms with Crippen molar-refractivity contribution in [3.05, 3.63) is 40.8 Å². The second-order valence-corrected chi connectivity index (χ2v) is 2.77. The summed E-state index contributed by atoms with van der Waals surface area (Å²) >= 11 is 0. The van der Waals surface area contributed by atoms with E-state index < -0.39 is 5.97 Å². The molecule has 1 rings (SSSR count). The van der Waals surface area contributed by atoms with E-state index in [0.717, 1.165) is 0 Å². The zero-order chi connectivity index (χ0) is 11.6. The van der Waals surface area contributed by atoms with Crippen LogP contribution < -0.4 is 4.74 Å². The fourth-order valence-corrected chi connectivity index (χ4v) is 0.967. The zero-order valence-corrected chi connectivity index (χ0v) is 8.57. The number of esters is 1. The Morgan fingerprint density at radius 3 is 2.75 bits per heavy atom. The molecule has 0 bridgehead atoms. The van der Waals surface area contributed by atoms with E-state index in [9.17, 15) is 4.79 Å². The van der Waals surface area contributed by atoms with Crippen molar-refractivity contribution in [3.63, 3.8) is 0 Å². The summed E-state index contributed by atoms with van der Waals surface area (Å²) in [6.45, 7) is 0.114. The standard InChI is InChI=1S/C10H11N3O3/c11-13-12-8-10(14)16-7-6-15-9-4-2-1-3-5-9/h1-5H,6-8H2. The van der Waals surface area contributed by atoms with Crippen molar-refractivity contribution < 1.29 is 14.3 Å². The van der Waals surface area contributed by atoms with Crippen LogP contribution in [0, 0.1) is 0 Å². The highest BCUT2D eigenvalue weighted by Gasteiger charge is 1.99. The van der Waals surface area contributed by atoms with Gasteiger partial charge in [0.1, 0.15) is 25.5 Å². The van der Waals surface area contributed by atoms with Crippen LogP contribution in [0.15, 0.2) is 35.4 Å². The van der Waals surface area contributed by atoms with Crippen molar-refractivity contribution in [2.75, 3.05) is 19.8 Å². The van der Waals surface area contributed by atoms with Crippen LogP contribution in [0.4, 0.5) is 0 Å². The quantitative estimate of drug-likeness (QED) is 0.242. The molecule has 0 fully saturated rings. The molecule has 6 nitrogen and oxygen atoms in total. The van der Waals surface area contributed by atoms with Crippen LogP contribution in [0.25, 0.3) is 10.4 Å². The van der Waals surface area contributed by atoms with Crippen molar-refractivity contribution in [1.82, 2.24) is 0 Å². The van der Waals surface area contributed by atoms with Gasteiger partial charge in [0.2, 0.25) is 0 Å². The van der Waals surface area contributed by atoms with Gasteiger partial charge < -0.3 is 9.47 Å². The molecule has 84 valence electrons. The lowest BCUT2D eigenvalue weighted by molar-refractivity contribution is -0.142. The Kier molecular flexibility index (Phi) is 5.30. The fourth-order valence-electron chi connectivity index (χ4n) is 0.967. The van der Waals surface area contributed by atoms with Gasteiger partial charge in [-0.1, -0.05) is 23.3 Å². The number of hydrogen-bond acceptors (Lipinski definition) is 4. The average Bonchev–Trinajstić information content (AvgIpc) is 2.33. The molecule has 1 aromatic carbocycles. The second-order valence-electron chi connectivity index (χ2n) is 2.77. The van der Waals surface area contributed by atoms with Gasteiger partial charge in [0.05, 0.1) is 0 Å². The van der Waals surface area contributed by atoms with E-state index in [1.54, 1.807) is 0 Å². The molecule has 16 heavy (non-hydrogen) atoms. The third-order valence-electron chi connectivity index (χ3n) is 1.62. The molecule has 0 spiro atoms. The maximum atomic E-state index is 10.9. The van der Waals surface area contributed by atoms with E-state index in [2.05, 4.69) is 10.0 Å². The molecule has 0 aliphatic carbocycles. The van der Waals surface area contributed by atoms with Crippen LogP contribution in [-0.4, -0.2) is 25.7 Å². The van der Waals surface area contributed by atoms with Crippen LogP contribution >= 0.6 is 0 Å². The molecule has 0 atom stereocenters. The molecule has 0 aliphatic rings. The average molecular weight is 221 g/mol. The van der Waals surface area contributed by atoms with Gasteiger partial charge in [-0.25, -0.2) is 0 Å². The van der Waals surface area contributed by atoms with E-state index in [4.69, 9.17) is 15.0 Å². The molecule has 0 amide bonds. The van der Waals surface area contributed by atoms with Gasteiger partial charge in [-0.2, -0.15) is 0 Å². The summed E-state index contributed by atoms with van der Waals surface area (Å²) in [6, 6.07) is 9.20. The summed E-state index contributed by atoms with van der Waals surface area (Å²) in [5.41, 5.74) is 7.96. The number of ether oxygens (including phenoxy) is 2. The minimum Gasteiger partial charge on any atom is -0.490 e. The van der Waals surface area contributed by atoms with Gasteiger partial charge in [-0.15, -0.1) is 0 Å². The summed E-state index contributed by atoms with van der Waals surface area (Å²) in [5, 5.41) is 3.07. The first kappa shape index (κ1) is 11.9. The minimum atomic E-state index is -0.561. The molecular formula is C10H11N3O3. The van der Waals surface area contributed by atoms with Gasteiger partial charge >= 0.3 is 5.97 Å². The Balaban J connectivity index is 2.12. The van der Waals surface area contributed by atoms with E-state index >= 15 is 0 Å². The summed E-state index contributed by atoms with van der Waals surface area (Å²) in [5.74, 6) is 0.156. The smallest absolute Gasteiger partial charge is 0.311 e. The Morgan fingerprint density at radius 2 is 2.06 bits per heavy atom. The Bertz CT molecular complexity index is 374. The fraction of sp³-hybridized carbons (Fsp3) is 0.300. The monoisotopic (exact) mass is 221 g/mol. The first-order chi connectivity index (χ1) is 7.83. The van der Waals surface area contributed by atoms with Gasteiger partial charge in [-0.3, -0.25) is 4.79 Å². The highest BCUT2D eigenvalue weighted by molar-refractivity contribution is 5.71. The molecule has 0 aromatic heterocycles. The minimum absolute atomic E-state index is 0.134. The number of rotatable bonds is 6. The van der Waals surface area contributed by atoms with Crippen LogP contribution in [0.5, 0.6) is 5.75 Å². The van der Waals surface area contributed by atoms with E-state index in [-0.39, 0.29) is 19.8 Å². The van der Waals surface area contributed by atoms with Crippen molar-refractivity contribution in [2.24, 2.45) is 5.11 Å². The van der Waals surface area contributed by atoms with Gasteiger partial charge in [0.15, 0.2) is 0 Å². The lowest BCUT2D eigenvalue weighted by Crippen LogP contribution is -2.13. The van der Waals surface area contributed by atoms with Crippen molar-refractivity contribution >= 4 is 5.97 Å². The molecule has 1 aromatic rings. The molecule has 0 unspecified atom stereocenters. The summed E-state index contributed by atoms with van der Waals surface area (Å²) in [7, 11) is 0. The van der Waals surface area contributed by atoms with Crippen molar-refractivity contribution in [2.45, 2.75) is 0 Å². The molecule has 0 saturated heterocycles. The lowest BCUT2D eigenvalue weighted by atomic mass is 10.3. The van der Waals surface area contributed by atoms with Gasteiger partial charge in [-0.05, 0) is 17.7 Å². The Hall–Kier alpha value is -2.20. The van der Waals surface area contributed by atoms with Crippen LogP contribution in [0.1, 0.15) is 0 Å². The number of benzene rings is 1. The number of hydrogen-bond donors (Lipinski definition) is 0. The largest absolute Gasteiger partial charge is 0.490 e. The Morgan fingerprint density at radius 1 is 1.31 bits per heavy atom. The van der Waals surface area contributed by atoms with E-state index in [1.165, 1.54) is 0 Å². The van der Waals surface area contributed by atoms with Crippen LogP contribution in [0.3, 0.4) is 0 Å². The normalized spacial score (nSPS) is 9.00. The maximum Gasteiger partial charge on any atom is 0.311 e. The highest BCUT2D eigenvalue weighted by atomic mass is 16.6. The first-order valence-electron chi connectivity index (χ1n) is 4.67.